The highest BCUT2D eigenvalue weighted by Crippen LogP contribution is 2.68. The molecule has 1 aromatic heterocycles. The standard InChI is InChI=1S/C28H26N2O6S2/c1-34-14-7-5-13(6-8-14)30-26(31)21-15-11-16(22(21)27(30)32)23-20(15)19(24-25(37-23)29-28(33)38-24)12-4-9-17(35-2)18(10-12)36-3/h4-10,15-16,19-23H,11H2,1-3H3,(H,29,33)/t15?,16?,19-,20?,21?,22?,23?/m1/s1. The molecule has 7 rings (SSSR count). The van der Waals surface area contributed by atoms with Crippen LogP contribution in [0.25, 0.3) is 0 Å². The van der Waals surface area contributed by atoms with Crippen molar-refractivity contribution >= 4 is 40.6 Å². The van der Waals surface area contributed by atoms with E-state index in [2.05, 4.69) is 4.98 Å². The predicted molar refractivity (Wildman–Crippen MR) is 144 cm³/mol. The maximum atomic E-state index is 13.9. The molecule has 3 aromatic rings. The summed E-state index contributed by atoms with van der Waals surface area (Å²) in [5, 5.41) is 1.01. The fourth-order valence-corrected chi connectivity index (χ4v) is 10.3. The number of fused-ring (bicyclic) bond motifs is 9. The quantitative estimate of drug-likeness (QED) is 0.477. The number of rotatable bonds is 5. The second-order valence-electron chi connectivity index (χ2n) is 10.3. The van der Waals surface area contributed by atoms with Crippen molar-refractivity contribution in [2.24, 2.45) is 29.6 Å². The van der Waals surface area contributed by atoms with Crippen LogP contribution in [0.5, 0.6) is 17.2 Å². The van der Waals surface area contributed by atoms with Crippen molar-refractivity contribution in [3.63, 3.8) is 0 Å². The monoisotopic (exact) mass is 550 g/mol. The minimum Gasteiger partial charge on any atom is -0.497 e. The summed E-state index contributed by atoms with van der Waals surface area (Å²) in [5.74, 6) is 1.20. The molecule has 1 saturated heterocycles. The Morgan fingerprint density at radius 1 is 0.868 bits per heavy atom. The van der Waals surface area contributed by atoms with Gasteiger partial charge in [0.25, 0.3) is 0 Å². The second kappa shape index (κ2) is 8.64. The largest absolute Gasteiger partial charge is 0.497 e. The molecule has 1 N–H and O–H groups in total. The first-order chi connectivity index (χ1) is 18.4. The molecule has 2 bridgehead atoms. The molecule has 2 aliphatic heterocycles. The number of methoxy groups -OCH3 is 3. The Morgan fingerprint density at radius 2 is 1.58 bits per heavy atom. The van der Waals surface area contributed by atoms with E-state index in [1.807, 2.05) is 18.2 Å². The highest BCUT2D eigenvalue weighted by atomic mass is 32.2. The molecule has 3 heterocycles. The fraction of sp³-hybridized carbons (Fsp3) is 0.393. The average Bonchev–Trinajstić information content (AvgIpc) is 3.67. The van der Waals surface area contributed by atoms with Crippen LogP contribution in [-0.2, 0) is 9.59 Å². The third kappa shape index (κ3) is 3.19. The molecule has 2 amide bonds. The number of thioether (sulfide) groups is 1. The molecule has 0 spiro atoms. The van der Waals surface area contributed by atoms with Crippen molar-refractivity contribution in [2.75, 3.05) is 26.2 Å². The van der Waals surface area contributed by atoms with Gasteiger partial charge >= 0.3 is 4.87 Å². The molecule has 3 fully saturated rings. The number of nitrogens with zero attached hydrogens (tertiary/aromatic N) is 1. The van der Waals surface area contributed by atoms with Crippen molar-refractivity contribution in [3.8, 4) is 17.2 Å². The summed E-state index contributed by atoms with van der Waals surface area (Å²) in [6.45, 7) is 0. The molecule has 2 saturated carbocycles. The lowest BCUT2D eigenvalue weighted by Crippen LogP contribution is -2.42. The van der Waals surface area contributed by atoms with Crippen molar-refractivity contribution < 1.29 is 23.8 Å². The third-order valence-corrected chi connectivity index (χ3v) is 11.4. The number of amides is 2. The molecule has 10 heteroatoms. The molecule has 0 radical (unpaired) electrons. The zero-order valence-corrected chi connectivity index (χ0v) is 22.6. The van der Waals surface area contributed by atoms with Gasteiger partial charge in [-0.3, -0.25) is 19.3 Å². The summed E-state index contributed by atoms with van der Waals surface area (Å²) in [4.78, 5) is 45.4. The van der Waals surface area contributed by atoms with Gasteiger partial charge in [0.1, 0.15) is 5.75 Å². The third-order valence-electron chi connectivity index (χ3n) is 8.82. The SMILES string of the molecule is COc1ccc(N2C(=O)C3C4CC(C3C2=O)C2C4Sc3[nH]c(=O)sc3[C@@H]2c2ccc(OC)c(OC)c2)cc1. The minimum absolute atomic E-state index is 0.0469. The molecule has 38 heavy (non-hydrogen) atoms. The topological polar surface area (TPSA) is 97.9 Å². The van der Waals surface area contributed by atoms with Crippen LogP contribution in [0.15, 0.2) is 52.3 Å². The van der Waals surface area contributed by atoms with Crippen LogP contribution in [0.4, 0.5) is 5.69 Å². The number of hydrogen-bond donors (Lipinski definition) is 1. The van der Waals surface area contributed by atoms with Crippen molar-refractivity contribution in [3.05, 3.63) is 62.6 Å². The fourth-order valence-electron chi connectivity index (χ4n) is 7.42. The first-order valence-corrected chi connectivity index (χ1v) is 14.3. The highest BCUT2D eigenvalue weighted by Gasteiger charge is 2.69. The number of hydrogen-bond acceptors (Lipinski definition) is 8. The van der Waals surface area contributed by atoms with Crippen LogP contribution in [-0.4, -0.2) is 43.4 Å². The molecular formula is C28H26N2O6S2. The summed E-state index contributed by atoms with van der Waals surface area (Å²) >= 11 is 2.92. The van der Waals surface area contributed by atoms with Crippen LogP contribution in [0.2, 0.25) is 0 Å². The zero-order valence-electron chi connectivity index (χ0n) is 21.0. The number of ether oxygens (including phenoxy) is 3. The number of aromatic amines is 1. The van der Waals surface area contributed by atoms with Gasteiger partial charge in [-0.1, -0.05) is 17.4 Å². The Morgan fingerprint density at radius 3 is 2.26 bits per heavy atom. The zero-order chi connectivity index (χ0) is 26.3. The van der Waals surface area contributed by atoms with E-state index < -0.39 is 0 Å². The Kier molecular flexibility index (Phi) is 5.42. The maximum absolute atomic E-state index is 13.9. The van der Waals surface area contributed by atoms with E-state index >= 15 is 0 Å². The Labute approximate surface area is 227 Å². The lowest BCUT2D eigenvalue weighted by molar-refractivity contribution is -0.123. The maximum Gasteiger partial charge on any atom is 0.305 e. The summed E-state index contributed by atoms with van der Waals surface area (Å²) in [6.07, 6.45) is 0.842. The first-order valence-electron chi connectivity index (χ1n) is 12.6. The number of nitrogens with one attached hydrogen (secondary N) is 1. The first kappa shape index (κ1) is 23.8. The normalized spacial score (nSPS) is 30.7. The Hall–Kier alpha value is -3.24. The number of aromatic nitrogens is 1. The smallest absolute Gasteiger partial charge is 0.305 e. The van der Waals surface area contributed by atoms with E-state index in [9.17, 15) is 14.4 Å². The molecule has 6 unspecified atom stereocenters. The summed E-state index contributed by atoms with van der Waals surface area (Å²) < 4.78 is 16.3. The number of carbonyl (C=O) groups excluding carboxylic acids is 2. The van der Waals surface area contributed by atoms with Crippen LogP contribution in [0, 0.1) is 29.6 Å². The molecule has 4 aliphatic rings. The van der Waals surface area contributed by atoms with E-state index in [1.165, 1.54) is 16.2 Å². The van der Waals surface area contributed by atoms with Gasteiger partial charge in [0.15, 0.2) is 11.5 Å². The van der Waals surface area contributed by atoms with E-state index in [0.717, 1.165) is 21.9 Å². The van der Waals surface area contributed by atoms with Gasteiger partial charge in [-0.15, -0.1) is 11.8 Å². The summed E-state index contributed by atoms with van der Waals surface area (Å²) in [5.41, 5.74) is 1.62. The number of benzene rings is 2. The van der Waals surface area contributed by atoms with E-state index in [1.54, 1.807) is 57.4 Å². The van der Waals surface area contributed by atoms with Gasteiger partial charge in [-0.2, -0.15) is 0 Å². The van der Waals surface area contributed by atoms with E-state index in [-0.39, 0.29) is 57.4 Å². The van der Waals surface area contributed by atoms with Gasteiger partial charge < -0.3 is 19.2 Å². The van der Waals surface area contributed by atoms with Crippen molar-refractivity contribution in [1.82, 2.24) is 4.98 Å². The Bertz CT molecular complexity index is 1510. The van der Waals surface area contributed by atoms with Crippen LogP contribution in [0.3, 0.4) is 0 Å². The van der Waals surface area contributed by atoms with Crippen LogP contribution < -0.4 is 24.0 Å². The number of H-pyrrole nitrogens is 1. The lowest BCUT2D eigenvalue weighted by atomic mass is 9.68. The van der Waals surface area contributed by atoms with Gasteiger partial charge in [-0.05, 0) is 66.1 Å². The van der Waals surface area contributed by atoms with Gasteiger partial charge in [0.2, 0.25) is 11.8 Å². The Balaban J connectivity index is 1.31. The number of imide groups is 1. The molecule has 196 valence electrons. The molecule has 2 aliphatic carbocycles. The molecule has 7 atom stereocenters. The molecule has 8 nitrogen and oxygen atoms in total. The number of carbonyl (C=O) groups is 2. The van der Waals surface area contributed by atoms with Crippen LogP contribution in [0.1, 0.15) is 22.8 Å². The van der Waals surface area contributed by atoms with Crippen molar-refractivity contribution in [1.29, 1.82) is 0 Å². The summed E-state index contributed by atoms with van der Waals surface area (Å²) in [6, 6.07) is 13.0. The van der Waals surface area contributed by atoms with Gasteiger partial charge in [0, 0.05) is 16.0 Å². The van der Waals surface area contributed by atoms with E-state index in [0.29, 0.717) is 22.9 Å². The average molecular weight is 551 g/mol. The molecule has 2 aromatic carbocycles. The van der Waals surface area contributed by atoms with Gasteiger partial charge in [0.05, 0.1) is 43.9 Å². The second-order valence-corrected chi connectivity index (χ2v) is 12.5. The van der Waals surface area contributed by atoms with E-state index in [4.69, 9.17) is 14.2 Å². The summed E-state index contributed by atoms with van der Waals surface area (Å²) in [7, 11) is 4.80. The van der Waals surface area contributed by atoms with Crippen LogP contribution >= 0.6 is 23.1 Å². The minimum atomic E-state index is -0.351. The number of anilines is 1. The molecular weight excluding hydrogens is 524 g/mol. The van der Waals surface area contributed by atoms with Gasteiger partial charge in [-0.25, -0.2) is 0 Å². The number of thiazole rings is 1. The lowest BCUT2D eigenvalue weighted by Gasteiger charge is -2.43. The predicted octanol–water partition coefficient (Wildman–Crippen LogP) is 4.14. The van der Waals surface area contributed by atoms with Crippen molar-refractivity contribution in [2.45, 2.75) is 22.6 Å². The highest BCUT2D eigenvalue weighted by molar-refractivity contribution is 8.00.